The first kappa shape index (κ1) is 24.8. The van der Waals surface area contributed by atoms with Crippen LogP contribution in [-0.4, -0.2) is 55.6 Å². The first-order valence-corrected chi connectivity index (χ1v) is 14.2. The molecule has 2 aliphatic carbocycles. The van der Waals surface area contributed by atoms with Gasteiger partial charge < -0.3 is 10.0 Å². The van der Waals surface area contributed by atoms with Crippen molar-refractivity contribution in [1.82, 2.24) is 19.7 Å². The third kappa shape index (κ3) is 4.04. The molecule has 1 aliphatic heterocycles. The molecule has 2 aromatic heterocycles. The van der Waals surface area contributed by atoms with Gasteiger partial charge in [-0.05, 0) is 70.9 Å². The molecule has 0 radical (unpaired) electrons. The lowest BCUT2D eigenvalue weighted by molar-refractivity contribution is -0.137. The molecule has 0 bridgehead atoms. The van der Waals surface area contributed by atoms with Crippen molar-refractivity contribution in [2.75, 3.05) is 7.05 Å². The van der Waals surface area contributed by atoms with E-state index in [1.165, 1.54) is 10.4 Å². The Morgan fingerprint density at radius 3 is 2.62 bits per heavy atom. The van der Waals surface area contributed by atoms with Gasteiger partial charge in [-0.2, -0.15) is 0 Å². The number of aliphatic hydroxyl groups is 1. The van der Waals surface area contributed by atoms with E-state index in [4.69, 9.17) is 16.6 Å². The van der Waals surface area contributed by atoms with Gasteiger partial charge in [-0.1, -0.05) is 29.8 Å². The summed E-state index contributed by atoms with van der Waals surface area (Å²) in [5.74, 6) is 1.74. The zero-order valence-corrected chi connectivity index (χ0v) is 23.2. The van der Waals surface area contributed by atoms with Crippen LogP contribution in [0.25, 0.3) is 5.00 Å². The summed E-state index contributed by atoms with van der Waals surface area (Å²) in [7, 11) is 1.93. The highest BCUT2D eigenvalue weighted by Gasteiger charge is 2.41. The number of aliphatic imine (C=N–C) groups is 1. The van der Waals surface area contributed by atoms with Crippen LogP contribution in [0, 0.1) is 12.8 Å². The van der Waals surface area contributed by atoms with E-state index in [1.54, 1.807) is 11.3 Å². The van der Waals surface area contributed by atoms with Gasteiger partial charge in [0.1, 0.15) is 16.4 Å². The fourth-order valence-corrected chi connectivity index (χ4v) is 7.83. The first-order valence-electron chi connectivity index (χ1n) is 13.0. The minimum absolute atomic E-state index is 0.0892. The number of carbonyl (C=O) groups is 1. The molecule has 1 atom stereocenters. The average Bonchev–Trinajstić information content (AvgIpc) is 3.53. The lowest BCUT2D eigenvalue weighted by Crippen LogP contribution is -2.43. The molecule has 1 fully saturated rings. The Morgan fingerprint density at radius 1 is 1.16 bits per heavy atom. The number of carbonyl (C=O) groups excluding carboxylic acids is 1. The Hall–Kier alpha value is -2.55. The number of rotatable bonds is 3. The van der Waals surface area contributed by atoms with E-state index in [0.717, 1.165) is 65.6 Å². The van der Waals surface area contributed by atoms with E-state index in [2.05, 4.69) is 28.6 Å². The maximum Gasteiger partial charge on any atom is 0.226 e. The van der Waals surface area contributed by atoms with E-state index in [1.807, 2.05) is 43.1 Å². The summed E-state index contributed by atoms with van der Waals surface area (Å²) in [5.41, 5.74) is 3.39. The van der Waals surface area contributed by atoms with Gasteiger partial charge in [-0.15, -0.1) is 21.5 Å². The molecule has 7 nitrogen and oxygen atoms in total. The van der Waals surface area contributed by atoms with Gasteiger partial charge >= 0.3 is 0 Å². The quantitative estimate of drug-likeness (QED) is 0.517. The van der Waals surface area contributed by atoms with E-state index < -0.39 is 5.54 Å². The van der Waals surface area contributed by atoms with Crippen LogP contribution in [0.1, 0.15) is 72.7 Å². The number of benzene rings is 1. The SMILES string of the molecule is Cc1nnc2n1-c1sc3c(c1C(c1ccccc1Cl)=NC2(C)C)C[C@H](C(=O)N(C)C1CCC(O)CC1)C3. The van der Waals surface area contributed by atoms with Gasteiger partial charge in [0.25, 0.3) is 0 Å². The Labute approximate surface area is 226 Å². The largest absolute Gasteiger partial charge is 0.393 e. The topological polar surface area (TPSA) is 83.6 Å². The lowest BCUT2D eigenvalue weighted by Gasteiger charge is -2.34. The summed E-state index contributed by atoms with van der Waals surface area (Å²) in [5, 5.41) is 20.5. The minimum Gasteiger partial charge on any atom is -0.393 e. The van der Waals surface area contributed by atoms with E-state index >= 15 is 0 Å². The van der Waals surface area contributed by atoms with Crippen LogP contribution in [0.2, 0.25) is 5.02 Å². The summed E-state index contributed by atoms with van der Waals surface area (Å²) in [4.78, 5) is 22.1. The zero-order valence-electron chi connectivity index (χ0n) is 21.7. The third-order valence-corrected chi connectivity index (χ3v) is 9.77. The fraction of sp³-hybridized carbons (Fsp3) is 0.500. The highest BCUT2D eigenvalue weighted by molar-refractivity contribution is 7.15. The van der Waals surface area contributed by atoms with E-state index in [9.17, 15) is 9.90 Å². The summed E-state index contributed by atoms with van der Waals surface area (Å²) < 4.78 is 2.14. The van der Waals surface area contributed by atoms with Crippen molar-refractivity contribution in [3.63, 3.8) is 0 Å². The van der Waals surface area contributed by atoms with Gasteiger partial charge in [0.15, 0.2) is 5.82 Å². The van der Waals surface area contributed by atoms with Crippen LogP contribution in [0.15, 0.2) is 29.3 Å². The number of hydrogen-bond acceptors (Lipinski definition) is 6. The highest BCUT2D eigenvalue weighted by Crippen LogP contribution is 2.46. The molecule has 1 N–H and O–H groups in total. The van der Waals surface area contributed by atoms with Crippen molar-refractivity contribution < 1.29 is 9.90 Å². The number of aromatic nitrogens is 3. The Kier molecular flexibility index (Phi) is 6.05. The highest BCUT2D eigenvalue weighted by atomic mass is 35.5. The molecule has 0 saturated heterocycles. The smallest absolute Gasteiger partial charge is 0.226 e. The predicted molar refractivity (Wildman–Crippen MR) is 146 cm³/mol. The number of fused-ring (bicyclic) bond motifs is 5. The Bertz CT molecular complexity index is 1420. The maximum atomic E-state index is 13.6. The van der Waals surface area contributed by atoms with Crippen molar-refractivity contribution in [1.29, 1.82) is 0 Å². The molecular formula is C28H32ClN5O2S. The van der Waals surface area contributed by atoms with Crippen LogP contribution >= 0.6 is 22.9 Å². The summed E-state index contributed by atoms with van der Waals surface area (Å²) >= 11 is 8.46. The lowest BCUT2D eigenvalue weighted by atomic mass is 9.91. The molecule has 0 unspecified atom stereocenters. The van der Waals surface area contributed by atoms with Crippen LogP contribution < -0.4 is 0 Å². The minimum atomic E-state index is -0.610. The van der Waals surface area contributed by atoms with Crippen LogP contribution in [0.4, 0.5) is 0 Å². The molecular weight excluding hydrogens is 506 g/mol. The van der Waals surface area contributed by atoms with Gasteiger partial charge in [-0.25, -0.2) is 0 Å². The van der Waals surface area contributed by atoms with Crippen LogP contribution in [0.3, 0.4) is 0 Å². The standard InChI is InChI=1S/C28H32ClN5O2S/c1-15-31-32-27-28(2,3)30-24(19-7-5-6-8-21(19)29)23-20-13-16(14-22(20)37-26(23)34(15)27)25(36)33(4)17-9-11-18(35)12-10-17/h5-8,16-18,35H,9-14H2,1-4H3/t16-,17?,18?/m0/s1. The molecule has 1 aromatic carbocycles. The van der Waals surface area contributed by atoms with Crippen molar-refractivity contribution in [3.05, 3.63) is 62.5 Å². The predicted octanol–water partition coefficient (Wildman–Crippen LogP) is 4.85. The number of aryl methyl sites for hydroxylation is 1. The van der Waals surface area contributed by atoms with Crippen molar-refractivity contribution >= 4 is 34.6 Å². The zero-order chi connectivity index (χ0) is 26.1. The number of aliphatic hydroxyl groups excluding tert-OH is 1. The number of nitrogens with zero attached hydrogens (tertiary/aromatic N) is 5. The molecule has 0 spiro atoms. The van der Waals surface area contributed by atoms with E-state index in [0.29, 0.717) is 11.4 Å². The number of amides is 1. The Balaban J connectivity index is 1.42. The number of hydrogen-bond donors (Lipinski definition) is 1. The Morgan fingerprint density at radius 2 is 1.89 bits per heavy atom. The normalized spacial score (nSPS) is 24.1. The van der Waals surface area contributed by atoms with Gasteiger partial charge in [0, 0.05) is 40.0 Å². The van der Waals surface area contributed by atoms with Crippen molar-refractivity contribution in [2.45, 2.75) is 77.0 Å². The fourth-order valence-electron chi connectivity index (χ4n) is 6.15. The van der Waals surface area contributed by atoms with Gasteiger partial charge in [-0.3, -0.25) is 14.4 Å². The summed E-state index contributed by atoms with van der Waals surface area (Å²) in [6.07, 6.45) is 4.43. The maximum absolute atomic E-state index is 13.6. The van der Waals surface area contributed by atoms with Crippen LogP contribution in [0.5, 0.6) is 0 Å². The summed E-state index contributed by atoms with van der Waals surface area (Å²) in [6, 6.07) is 8.04. The van der Waals surface area contributed by atoms with Crippen molar-refractivity contribution in [3.8, 4) is 5.00 Å². The molecule has 1 saturated carbocycles. The second-order valence-electron chi connectivity index (χ2n) is 11.1. The molecule has 9 heteroatoms. The number of thiophene rings is 1. The molecule has 3 heterocycles. The molecule has 37 heavy (non-hydrogen) atoms. The number of halogens is 1. The third-order valence-electron chi connectivity index (χ3n) is 8.20. The first-order chi connectivity index (χ1) is 17.7. The molecule has 1 amide bonds. The van der Waals surface area contributed by atoms with Crippen LogP contribution in [-0.2, 0) is 23.2 Å². The average molecular weight is 538 g/mol. The monoisotopic (exact) mass is 537 g/mol. The molecule has 3 aliphatic rings. The van der Waals surface area contributed by atoms with Crippen molar-refractivity contribution in [2.24, 2.45) is 10.9 Å². The summed E-state index contributed by atoms with van der Waals surface area (Å²) in [6.45, 7) is 6.09. The van der Waals surface area contributed by atoms with Gasteiger partial charge in [0.2, 0.25) is 5.91 Å². The van der Waals surface area contributed by atoms with Gasteiger partial charge in [0.05, 0.1) is 11.8 Å². The molecule has 6 rings (SSSR count). The molecule has 194 valence electrons. The second kappa shape index (κ2) is 9.03. The second-order valence-corrected chi connectivity index (χ2v) is 12.6. The molecule has 3 aromatic rings. The van der Waals surface area contributed by atoms with E-state index in [-0.39, 0.29) is 24.0 Å².